The van der Waals surface area contributed by atoms with Gasteiger partial charge in [0.2, 0.25) is 0 Å². The summed E-state index contributed by atoms with van der Waals surface area (Å²) in [6.45, 7) is 4.91. The van der Waals surface area contributed by atoms with E-state index in [9.17, 15) is 4.79 Å². The first-order chi connectivity index (χ1) is 15.5. The molecule has 0 saturated heterocycles. The summed E-state index contributed by atoms with van der Waals surface area (Å²) in [5.74, 6) is 1.34. The Bertz CT molecular complexity index is 1260. The Hall–Kier alpha value is -3.59. The quantitative estimate of drug-likeness (QED) is 0.412. The van der Waals surface area contributed by atoms with E-state index in [1.165, 1.54) is 11.3 Å². The maximum absolute atomic E-state index is 12.4. The number of anilines is 1. The number of hydrogen-bond donors (Lipinski definition) is 1. The number of fused-ring (bicyclic) bond motifs is 1. The maximum atomic E-state index is 12.4. The van der Waals surface area contributed by atoms with E-state index in [1.807, 2.05) is 43.6 Å². The molecule has 0 radical (unpaired) electrons. The van der Waals surface area contributed by atoms with Crippen LogP contribution in [-0.4, -0.2) is 34.8 Å². The molecule has 0 saturated carbocycles. The SMILES string of the molecule is CCn1cnc2cc(COC(=O)Nc3sc(-c4ccc(OC)cc4OC)nc3C)ccc21. The minimum atomic E-state index is -0.538. The highest BCUT2D eigenvalue weighted by Crippen LogP contribution is 2.38. The van der Waals surface area contributed by atoms with Gasteiger partial charge in [0.15, 0.2) is 0 Å². The minimum Gasteiger partial charge on any atom is -0.497 e. The molecule has 2 heterocycles. The van der Waals surface area contributed by atoms with Crippen LogP contribution in [0.3, 0.4) is 0 Å². The van der Waals surface area contributed by atoms with Crippen molar-refractivity contribution in [3.63, 3.8) is 0 Å². The minimum absolute atomic E-state index is 0.151. The van der Waals surface area contributed by atoms with Gasteiger partial charge in [-0.05, 0) is 43.7 Å². The van der Waals surface area contributed by atoms with Crippen LogP contribution < -0.4 is 14.8 Å². The molecule has 9 heteroatoms. The molecular formula is C23H24N4O4S. The van der Waals surface area contributed by atoms with E-state index in [1.54, 1.807) is 20.3 Å². The van der Waals surface area contributed by atoms with E-state index in [-0.39, 0.29) is 6.61 Å². The number of nitrogens with one attached hydrogen (secondary N) is 1. The van der Waals surface area contributed by atoms with Crippen molar-refractivity contribution in [2.75, 3.05) is 19.5 Å². The van der Waals surface area contributed by atoms with E-state index in [2.05, 4.69) is 26.8 Å². The highest BCUT2D eigenvalue weighted by molar-refractivity contribution is 7.19. The molecule has 166 valence electrons. The summed E-state index contributed by atoms with van der Waals surface area (Å²) in [7, 11) is 3.20. The van der Waals surface area contributed by atoms with E-state index < -0.39 is 6.09 Å². The molecule has 0 spiro atoms. The van der Waals surface area contributed by atoms with Crippen molar-refractivity contribution in [2.45, 2.75) is 27.0 Å². The average molecular weight is 453 g/mol. The number of hydrogen-bond acceptors (Lipinski definition) is 7. The normalized spacial score (nSPS) is 10.9. The zero-order chi connectivity index (χ0) is 22.7. The van der Waals surface area contributed by atoms with Gasteiger partial charge >= 0.3 is 6.09 Å². The summed E-state index contributed by atoms with van der Waals surface area (Å²) < 4.78 is 18.2. The van der Waals surface area contributed by atoms with Crippen molar-refractivity contribution in [3.8, 4) is 22.1 Å². The Kier molecular flexibility index (Phi) is 6.27. The van der Waals surface area contributed by atoms with E-state index in [4.69, 9.17) is 14.2 Å². The predicted octanol–water partition coefficient (Wildman–Crippen LogP) is 5.25. The molecule has 8 nitrogen and oxygen atoms in total. The van der Waals surface area contributed by atoms with Crippen molar-refractivity contribution in [3.05, 3.63) is 54.0 Å². The molecule has 0 atom stereocenters. The second-order valence-corrected chi connectivity index (χ2v) is 8.05. The Morgan fingerprint density at radius 2 is 2.00 bits per heavy atom. The Morgan fingerprint density at radius 1 is 1.16 bits per heavy atom. The van der Waals surface area contributed by atoms with Gasteiger partial charge in [-0.3, -0.25) is 5.32 Å². The average Bonchev–Trinajstić information content (AvgIpc) is 3.39. The lowest BCUT2D eigenvalue weighted by Crippen LogP contribution is -2.13. The number of aryl methyl sites for hydroxylation is 2. The molecule has 0 unspecified atom stereocenters. The van der Waals surface area contributed by atoms with Crippen LogP contribution in [0.4, 0.5) is 9.80 Å². The van der Waals surface area contributed by atoms with Gasteiger partial charge in [-0.15, -0.1) is 0 Å². The topological polar surface area (TPSA) is 87.5 Å². The molecule has 0 aliphatic carbocycles. The third-order valence-electron chi connectivity index (χ3n) is 5.05. The lowest BCUT2D eigenvalue weighted by molar-refractivity contribution is 0.155. The number of benzene rings is 2. The number of nitrogens with zero attached hydrogens (tertiary/aromatic N) is 3. The highest BCUT2D eigenvalue weighted by atomic mass is 32.1. The van der Waals surface area contributed by atoms with Crippen LogP contribution in [0.5, 0.6) is 11.5 Å². The number of amides is 1. The smallest absolute Gasteiger partial charge is 0.412 e. The number of carbonyl (C=O) groups excluding carboxylic acids is 1. The largest absolute Gasteiger partial charge is 0.497 e. The van der Waals surface area contributed by atoms with Crippen LogP contribution in [0.1, 0.15) is 18.2 Å². The lowest BCUT2D eigenvalue weighted by Gasteiger charge is -2.08. The molecule has 32 heavy (non-hydrogen) atoms. The zero-order valence-corrected chi connectivity index (χ0v) is 19.2. The van der Waals surface area contributed by atoms with Gasteiger partial charge < -0.3 is 18.8 Å². The summed E-state index contributed by atoms with van der Waals surface area (Å²) in [5, 5.41) is 4.15. The van der Waals surface area contributed by atoms with Crippen LogP contribution in [0.15, 0.2) is 42.7 Å². The summed E-state index contributed by atoms with van der Waals surface area (Å²) in [4.78, 5) is 21.4. The fourth-order valence-electron chi connectivity index (χ4n) is 3.33. The second-order valence-electron chi connectivity index (χ2n) is 7.05. The molecular weight excluding hydrogens is 428 g/mol. The number of carbonyl (C=O) groups is 1. The molecule has 1 amide bonds. The molecule has 0 fully saturated rings. The number of ether oxygens (including phenoxy) is 3. The number of rotatable bonds is 7. The predicted molar refractivity (Wildman–Crippen MR) is 125 cm³/mol. The number of imidazole rings is 1. The molecule has 4 aromatic rings. The molecule has 1 N–H and O–H groups in total. The maximum Gasteiger partial charge on any atom is 0.412 e. The molecule has 2 aromatic heterocycles. The van der Waals surface area contributed by atoms with Gasteiger partial charge in [0.25, 0.3) is 0 Å². The molecule has 2 aromatic carbocycles. The Labute approximate surface area is 189 Å². The first kappa shape index (κ1) is 21.6. The number of aromatic nitrogens is 3. The monoisotopic (exact) mass is 452 g/mol. The van der Waals surface area contributed by atoms with Crippen molar-refractivity contribution >= 4 is 33.5 Å². The Morgan fingerprint density at radius 3 is 2.75 bits per heavy atom. The van der Waals surface area contributed by atoms with Gasteiger partial charge in [0.1, 0.15) is 28.1 Å². The van der Waals surface area contributed by atoms with Crippen LogP contribution in [0, 0.1) is 6.92 Å². The van der Waals surface area contributed by atoms with Crippen LogP contribution in [0.2, 0.25) is 0 Å². The standard InChI is InChI=1S/C23H24N4O4S/c1-5-27-13-24-18-10-15(6-9-19(18)27)12-31-23(28)26-21-14(2)25-22(32-21)17-8-7-16(29-3)11-20(17)30-4/h6-11,13H,5,12H2,1-4H3,(H,26,28). The summed E-state index contributed by atoms with van der Waals surface area (Å²) in [5.41, 5.74) is 4.33. The van der Waals surface area contributed by atoms with Crippen LogP contribution in [-0.2, 0) is 17.9 Å². The lowest BCUT2D eigenvalue weighted by atomic mass is 10.2. The molecule has 4 rings (SSSR count). The number of thiazole rings is 1. The van der Waals surface area contributed by atoms with Crippen molar-refractivity contribution < 1.29 is 19.0 Å². The summed E-state index contributed by atoms with van der Waals surface area (Å²) >= 11 is 1.36. The van der Waals surface area contributed by atoms with Gasteiger partial charge in [-0.1, -0.05) is 17.4 Å². The van der Waals surface area contributed by atoms with Crippen LogP contribution in [0.25, 0.3) is 21.6 Å². The van der Waals surface area contributed by atoms with E-state index >= 15 is 0 Å². The summed E-state index contributed by atoms with van der Waals surface area (Å²) in [6.07, 6.45) is 1.27. The summed E-state index contributed by atoms with van der Waals surface area (Å²) in [6, 6.07) is 11.4. The molecule has 0 aliphatic rings. The van der Waals surface area contributed by atoms with Gasteiger partial charge in [0, 0.05) is 12.6 Å². The number of methoxy groups -OCH3 is 2. The van der Waals surface area contributed by atoms with Crippen molar-refractivity contribution in [1.29, 1.82) is 0 Å². The third-order valence-corrected chi connectivity index (χ3v) is 6.15. The van der Waals surface area contributed by atoms with E-state index in [0.717, 1.165) is 33.7 Å². The zero-order valence-electron chi connectivity index (χ0n) is 18.3. The van der Waals surface area contributed by atoms with Gasteiger partial charge in [-0.25, -0.2) is 14.8 Å². The van der Waals surface area contributed by atoms with Gasteiger partial charge in [0.05, 0.1) is 42.8 Å². The van der Waals surface area contributed by atoms with Crippen LogP contribution >= 0.6 is 11.3 Å². The third kappa shape index (κ3) is 4.38. The van der Waals surface area contributed by atoms with Crippen molar-refractivity contribution in [2.24, 2.45) is 0 Å². The first-order valence-corrected chi connectivity index (χ1v) is 10.9. The fourth-order valence-corrected chi connectivity index (χ4v) is 4.31. The molecule has 0 aliphatic heterocycles. The van der Waals surface area contributed by atoms with Gasteiger partial charge in [-0.2, -0.15) is 0 Å². The highest BCUT2D eigenvalue weighted by Gasteiger charge is 2.16. The fraction of sp³-hybridized carbons (Fsp3) is 0.261. The van der Waals surface area contributed by atoms with Crippen molar-refractivity contribution in [1.82, 2.24) is 14.5 Å². The second kappa shape index (κ2) is 9.27. The first-order valence-electron chi connectivity index (χ1n) is 10.1. The Balaban J connectivity index is 1.43. The van der Waals surface area contributed by atoms with E-state index in [0.29, 0.717) is 22.2 Å². The molecule has 0 bridgehead atoms.